The number of amides is 1. The summed E-state index contributed by atoms with van der Waals surface area (Å²) in [6, 6.07) is 7.93. The largest absolute Gasteiger partial charge is 0.479 e. The maximum absolute atomic E-state index is 12.9. The van der Waals surface area contributed by atoms with Crippen molar-refractivity contribution in [3.8, 4) is 5.88 Å². The van der Waals surface area contributed by atoms with E-state index in [1.807, 2.05) is 45.2 Å². The van der Waals surface area contributed by atoms with Crippen molar-refractivity contribution in [1.29, 1.82) is 0 Å². The van der Waals surface area contributed by atoms with Gasteiger partial charge >= 0.3 is 0 Å². The van der Waals surface area contributed by atoms with Crippen LogP contribution in [0.1, 0.15) is 44.0 Å². The number of anilines is 1. The first-order valence-electron chi connectivity index (χ1n) is 10.8. The highest BCUT2D eigenvalue weighted by molar-refractivity contribution is 5.92. The third-order valence-electron chi connectivity index (χ3n) is 5.80. The van der Waals surface area contributed by atoms with E-state index >= 15 is 0 Å². The fourth-order valence-electron chi connectivity index (χ4n) is 4.32. The number of pyridine rings is 1. The van der Waals surface area contributed by atoms with Crippen LogP contribution in [-0.2, 0) is 23.8 Å². The van der Waals surface area contributed by atoms with Gasteiger partial charge in [-0.15, -0.1) is 5.10 Å². The Kier molecular flexibility index (Phi) is 5.40. The van der Waals surface area contributed by atoms with Crippen LogP contribution < -0.4 is 10.1 Å². The van der Waals surface area contributed by atoms with Gasteiger partial charge in [0.25, 0.3) is 0 Å². The van der Waals surface area contributed by atoms with Crippen LogP contribution in [0.4, 0.5) is 5.95 Å². The lowest BCUT2D eigenvalue weighted by Crippen LogP contribution is -2.26. The smallest absolute Gasteiger partial charge is 0.242 e. The van der Waals surface area contributed by atoms with Crippen molar-refractivity contribution in [1.82, 2.24) is 24.3 Å². The lowest BCUT2D eigenvalue weighted by atomic mass is 10.00. The number of carbonyl (C=O) groups is 1. The van der Waals surface area contributed by atoms with E-state index in [1.54, 1.807) is 11.8 Å². The van der Waals surface area contributed by atoms with Crippen LogP contribution in [0.2, 0.25) is 0 Å². The fraction of sp³-hybridized carbons (Fsp3) is 0.417. The molecular formula is C24H30N6O2. The number of carbonyl (C=O) groups excluding carboxylic acids is 1. The van der Waals surface area contributed by atoms with Gasteiger partial charge < -0.3 is 9.30 Å². The van der Waals surface area contributed by atoms with Gasteiger partial charge in [-0.1, -0.05) is 12.1 Å². The van der Waals surface area contributed by atoms with Crippen molar-refractivity contribution in [2.75, 3.05) is 12.4 Å². The predicted octanol–water partition coefficient (Wildman–Crippen LogP) is 4.27. The van der Waals surface area contributed by atoms with E-state index in [0.717, 1.165) is 38.9 Å². The average molecular weight is 435 g/mol. The molecule has 0 saturated heterocycles. The number of ether oxygens (including phenoxy) is 1. The third-order valence-corrected chi connectivity index (χ3v) is 5.80. The van der Waals surface area contributed by atoms with Crippen LogP contribution in [0.5, 0.6) is 5.88 Å². The molecule has 32 heavy (non-hydrogen) atoms. The number of hydrogen-bond acceptors (Lipinski definition) is 5. The van der Waals surface area contributed by atoms with Gasteiger partial charge in [-0.05, 0) is 64.3 Å². The number of nitrogens with one attached hydrogen (secondary N) is 1. The molecule has 168 valence electrons. The van der Waals surface area contributed by atoms with E-state index in [0.29, 0.717) is 24.7 Å². The van der Waals surface area contributed by atoms with Gasteiger partial charge in [0, 0.05) is 24.7 Å². The number of nitrogens with zero attached hydrogens (tertiary/aromatic N) is 5. The first-order chi connectivity index (χ1) is 15.1. The Morgan fingerprint density at radius 1 is 1.16 bits per heavy atom. The molecule has 0 saturated carbocycles. The fourth-order valence-corrected chi connectivity index (χ4v) is 4.32. The first-order valence-corrected chi connectivity index (χ1v) is 10.8. The molecule has 0 radical (unpaired) electrons. The highest BCUT2D eigenvalue weighted by atomic mass is 16.5. The van der Waals surface area contributed by atoms with Crippen LogP contribution >= 0.6 is 0 Å². The minimum atomic E-state index is -0.224. The van der Waals surface area contributed by atoms with Crippen molar-refractivity contribution in [2.45, 2.75) is 53.0 Å². The molecule has 0 aliphatic rings. The predicted molar refractivity (Wildman–Crippen MR) is 126 cm³/mol. The van der Waals surface area contributed by atoms with Crippen molar-refractivity contribution in [3.63, 3.8) is 0 Å². The van der Waals surface area contributed by atoms with Crippen LogP contribution in [0.3, 0.4) is 0 Å². The number of benzene rings is 1. The number of methoxy groups -OCH3 is 1. The molecule has 0 spiro atoms. The molecule has 4 rings (SSSR count). The number of aryl methyl sites for hydroxylation is 3. The molecule has 8 nitrogen and oxygen atoms in total. The topological polar surface area (TPSA) is 86.9 Å². The van der Waals surface area contributed by atoms with Gasteiger partial charge in [-0.2, -0.15) is 0 Å². The van der Waals surface area contributed by atoms with Crippen LogP contribution in [0.15, 0.2) is 24.3 Å². The second-order valence-electron chi connectivity index (χ2n) is 9.11. The lowest BCUT2D eigenvalue weighted by molar-refractivity contribution is -0.116. The Morgan fingerprint density at radius 3 is 2.56 bits per heavy atom. The molecule has 1 N–H and O–H groups in total. The molecule has 0 atom stereocenters. The molecule has 1 amide bonds. The molecule has 0 aliphatic heterocycles. The summed E-state index contributed by atoms with van der Waals surface area (Å²) in [4.78, 5) is 22.3. The Morgan fingerprint density at radius 2 is 1.88 bits per heavy atom. The molecule has 0 aliphatic carbocycles. The first kappa shape index (κ1) is 21.8. The summed E-state index contributed by atoms with van der Waals surface area (Å²) in [5, 5.41) is 8.32. The summed E-state index contributed by atoms with van der Waals surface area (Å²) in [6.07, 6.45) is 0.894. The minimum Gasteiger partial charge on any atom is -0.479 e. The number of aromatic nitrogens is 5. The number of hydrogen-bond donors (Lipinski definition) is 1. The van der Waals surface area contributed by atoms with Crippen molar-refractivity contribution in [3.05, 3.63) is 41.1 Å². The summed E-state index contributed by atoms with van der Waals surface area (Å²) < 4.78 is 9.24. The molecule has 0 bridgehead atoms. The molecule has 4 aromatic rings. The van der Waals surface area contributed by atoms with E-state index in [9.17, 15) is 4.79 Å². The van der Waals surface area contributed by atoms with Gasteiger partial charge in [0.1, 0.15) is 0 Å². The molecule has 3 aromatic heterocycles. The maximum atomic E-state index is 12.9. The minimum absolute atomic E-state index is 0.0807. The summed E-state index contributed by atoms with van der Waals surface area (Å²) in [6.45, 7) is 10.3. The quantitative estimate of drug-likeness (QED) is 0.507. The van der Waals surface area contributed by atoms with E-state index in [2.05, 4.69) is 40.7 Å². The van der Waals surface area contributed by atoms with Gasteiger partial charge in [-0.3, -0.25) is 10.1 Å². The van der Waals surface area contributed by atoms with Crippen molar-refractivity contribution >= 4 is 33.9 Å². The van der Waals surface area contributed by atoms with Crippen LogP contribution in [-0.4, -0.2) is 37.3 Å². The molecular weight excluding hydrogens is 404 g/mol. The number of rotatable bonds is 5. The Bertz CT molecular complexity index is 1330. The Hall–Kier alpha value is -3.42. The number of para-hydroxylation sites is 2. The molecule has 1 aromatic carbocycles. The number of imidazole rings is 1. The summed E-state index contributed by atoms with van der Waals surface area (Å²) in [5.41, 5.74) is 5.41. The normalized spacial score (nSPS) is 12.0. The Balaban J connectivity index is 1.60. The zero-order valence-corrected chi connectivity index (χ0v) is 19.8. The highest BCUT2D eigenvalue weighted by Gasteiger charge is 2.23. The number of fused-ring (bicyclic) bond motifs is 2. The van der Waals surface area contributed by atoms with E-state index < -0.39 is 0 Å². The van der Waals surface area contributed by atoms with E-state index in [1.165, 1.54) is 0 Å². The van der Waals surface area contributed by atoms with Gasteiger partial charge in [0.2, 0.25) is 17.7 Å². The van der Waals surface area contributed by atoms with Crippen LogP contribution in [0, 0.1) is 13.8 Å². The third kappa shape index (κ3) is 3.70. The lowest BCUT2D eigenvalue weighted by Gasteiger charge is -2.24. The second kappa shape index (κ2) is 7.93. The van der Waals surface area contributed by atoms with Crippen molar-refractivity contribution in [2.24, 2.45) is 7.05 Å². The van der Waals surface area contributed by atoms with Gasteiger partial charge in [-0.25, -0.2) is 14.6 Å². The SMILES string of the molecule is COc1nn(C)c2nc(C)c(CCC(=O)Nc3nc4ccccc4n3C(C)(C)C)c(C)c12. The Labute approximate surface area is 187 Å². The summed E-state index contributed by atoms with van der Waals surface area (Å²) in [7, 11) is 3.46. The van der Waals surface area contributed by atoms with E-state index in [-0.39, 0.29) is 11.4 Å². The van der Waals surface area contributed by atoms with Crippen LogP contribution in [0.25, 0.3) is 22.1 Å². The maximum Gasteiger partial charge on any atom is 0.242 e. The monoisotopic (exact) mass is 434 g/mol. The zero-order valence-electron chi connectivity index (χ0n) is 19.8. The molecule has 3 heterocycles. The van der Waals surface area contributed by atoms with Crippen molar-refractivity contribution < 1.29 is 9.53 Å². The summed E-state index contributed by atoms with van der Waals surface area (Å²) >= 11 is 0. The van der Waals surface area contributed by atoms with E-state index in [4.69, 9.17) is 9.72 Å². The molecule has 8 heteroatoms. The van der Waals surface area contributed by atoms with Gasteiger partial charge in [0.05, 0.1) is 23.5 Å². The molecule has 0 unspecified atom stereocenters. The molecule has 0 fully saturated rings. The second-order valence-corrected chi connectivity index (χ2v) is 9.11. The summed E-state index contributed by atoms with van der Waals surface area (Å²) in [5.74, 6) is 1.04. The average Bonchev–Trinajstić information content (AvgIpc) is 3.24. The standard InChI is InChI=1S/C24H30N6O2/c1-14-16(15(2)25-21-20(14)22(32-7)28-29(21)6)12-13-19(31)27-23-26-17-10-8-9-11-18(17)30(23)24(3,4)5/h8-11H,12-13H2,1-7H3,(H,26,27,31). The highest BCUT2D eigenvalue weighted by Crippen LogP contribution is 2.31. The zero-order chi connectivity index (χ0) is 23.2. The van der Waals surface area contributed by atoms with Gasteiger partial charge in [0.15, 0.2) is 5.65 Å².